The van der Waals surface area contributed by atoms with Gasteiger partial charge in [0.15, 0.2) is 5.82 Å². The van der Waals surface area contributed by atoms with Gasteiger partial charge in [-0.25, -0.2) is 9.07 Å². The Morgan fingerprint density at radius 3 is 2.42 bits per heavy atom. The normalized spacial score (nSPS) is 19.5. The molecule has 3 aromatic rings. The van der Waals surface area contributed by atoms with Crippen molar-refractivity contribution in [1.29, 1.82) is 0 Å². The highest BCUT2D eigenvalue weighted by atomic mass is 19.1. The zero-order chi connectivity index (χ0) is 21.0. The van der Waals surface area contributed by atoms with Crippen molar-refractivity contribution in [2.45, 2.75) is 44.2 Å². The van der Waals surface area contributed by atoms with E-state index in [0.717, 1.165) is 50.5 Å². The molecule has 0 radical (unpaired) electrons. The molecule has 3 heterocycles. The standard InChI is InChI=1S/C23H28FN7/c24-19-10-4-5-12-21(19)29-14-16-30(17-15-29)22(20-11-6-7-13-25-20)23-26-27-28-31(23)18-8-2-1-3-9-18/h4-7,10-13,18,22H,1-3,8-9,14-17H2/t22-/m0/s1. The minimum atomic E-state index is -0.168. The van der Waals surface area contributed by atoms with Crippen LogP contribution < -0.4 is 4.90 Å². The van der Waals surface area contributed by atoms with Crippen LogP contribution in [-0.4, -0.2) is 56.3 Å². The fourth-order valence-electron chi connectivity index (χ4n) is 4.92. The van der Waals surface area contributed by atoms with Gasteiger partial charge in [0.05, 0.1) is 17.4 Å². The summed E-state index contributed by atoms with van der Waals surface area (Å²) in [7, 11) is 0. The molecular formula is C23H28FN7. The first-order valence-corrected chi connectivity index (χ1v) is 11.2. The van der Waals surface area contributed by atoms with E-state index < -0.39 is 0 Å². The molecule has 0 spiro atoms. The number of rotatable bonds is 5. The molecule has 1 aromatic carbocycles. The number of tetrazole rings is 1. The van der Waals surface area contributed by atoms with Gasteiger partial charge in [0.1, 0.15) is 11.9 Å². The Bertz CT molecular complexity index is 978. The third-order valence-corrected chi connectivity index (χ3v) is 6.52. The number of anilines is 1. The number of para-hydroxylation sites is 1. The molecule has 0 unspecified atom stereocenters. The van der Waals surface area contributed by atoms with E-state index in [4.69, 9.17) is 0 Å². The fraction of sp³-hybridized carbons (Fsp3) is 0.478. The van der Waals surface area contributed by atoms with Crippen molar-refractivity contribution >= 4 is 5.69 Å². The van der Waals surface area contributed by atoms with Crippen LogP contribution in [0.3, 0.4) is 0 Å². The minimum Gasteiger partial charge on any atom is -0.367 e. The summed E-state index contributed by atoms with van der Waals surface area (Å²) in [5.74, 6) is 0.698. The van der Waals surface area contributed by atoms with Gasteiger partial charge in [-0.05, 0) is 47.5 Å². The summed E-state index contributed by atoms with van der Waals surface area (Å²) in [6, 6.07) is 13.2. The smallest absolute Gasteiger partial charge is 0.174 e. The van der Waals surface area contributed by atoms with Crippen molar-refractivity contribution < 1.29 is 4.39 Å². The zero-order valence-corrected chi connectivity index (χ0v) is 17.6. The van der Waals surface area contributed by atoms with Crippen LogP contribution in [0, 0.1) is 5.82 Å². The second kappa shape index (κ2) is 9.09. The van der Waals surface area contributed by atoms with Gasteiger partial charge in [-0.1, -0.05) is 37.5 Å². The van der Waals surface area contributed by atoms with E-state index in [1.807, 2.05) is 41.2 Å². The first kappa shape index (κ1) is 20.1. The Morgan fingerprint density at radius 2 is 1.68 bits per heavy atom. The SMILES string of the molecule is Fc1ccccc1N1CCN([C@@H](c2ccccn2)c2nnnn2C2CCCCC2)CC1. The maximum Gasteiger partial charge on any atom is 0.174 e. The van der Waals surface area contributed by atoms with E-state index in [1.165, 1.54) is 25.3 Å². The summed E-state index contributed by atoms with van der Waals surface area (Å²) in [5, 5.41) is 12.9. The van der Waals surface area contributed by atoms with Gasteiger partial charge < -0.3 is 4.90 Å². The van der Waals surface area contributed by atoms with Crippen molar-refractivity contribution in [3.8, 4) is 0 Å². The highest BCUT2D eigenvalue weighted by molar-refractivity contribution is 5.48. The highest BCUT2D eigenvalue weighted by Gasteiger charge is 2.33. The lowest BCUT2D eigenvalue weighted by atomic mass is 9.95. The Hall–Kier alpha value is -2.87. The summed E-state index contributed by atoms with van der Waals surface area (Å²) in [4.78, 5) is 9.16. The topological polar surface area (TPSA) is 63.0 Å². The van der Waals surface area contributed by atoms with E-state index in [9.17, 15) is 4.39 Å². The van der Waals surface area contributed by atoms with Crippen LogP contribution in [0.1, 0.15) is 55.7 Å². The fourth-order valence-corrected chi connectivity index (χ4v) is 4.92. The Balaban J connectivity index is 1.41. The number of piperazine rings is 1. The van der Waals surface area contributed by atoms with Gasteiger partial charge >= 0.3 is 0 Å². The first-order chi connectivity index (χ1) is 15.3. The molecule has 2 aliphatic rings. The molecule has 2 aromatic heterocycles. The van der Waals surface area contributed by atoms with Crippen LogP contribution >= 0.6 is 0 Å². The molecule has 0 amide bonds. The summed E-state index contributed by atoms with van der Waals surface area (Å²) in [5.41, 5.74) is 1.62. The molecule has 2 fully saturated rings. The third kappa shape index (κ3) is 4.17. The molecule has 31 heavy (non-hydrogen) atoms. The van der Waals surface area contributed by atoms with Crippen LogP contribution in [0.25, 0.3) is 0 Å². The number of pyridine rings is 1. The predicted octanol–water partition coefficient (Wildman–Crippen LogP) is 3.62. The number of halogens is 1. The molecule has 1 saturated heterocycles. The average molecular weight is 422 g/mol. The third-order valence-electron chi connectivity index (χ3n) is 6.52. The highest BCUT2D eigenvalue weighted by Crippen LogP contribution is 2.33. The van der Waals surface area contributed by atoms with Gasteiger partial charge in [0.2, 0.25) is 0 Å². The number of nitrogens with zero attached hydrogens (tertiary/aromatic N) is 7. The van der Waals surface area contributed by atoms with Crippen LogP contribution in [0.5, 0.6) is 0 Å². The molecule has 1 aliphatic carbocycles. The molecule has 0 N–H and O–H groups in total. The van der Waals surface area contributed by atoms with Crippen molar-refractivity contribution in [3.63, 3.8) is 0 Å². The number of aromatic nitrogens is 5. The van der Waals surface area contributed by atoms with Crippen LogP contribution in [0.15, 0.2) is 48.7 Å². The molecule has 1 aliphatic heterocycles. The van der Waals surface area contributed by atoms with Crippen molar-refractivity contribution in [2.75, 3.05) is 31.1 Å². The quantitative estimate of drug-likeness (QED) is 0.627. The van der Waals surface area contributed by atoms with Gasteiger partial charge in [0, 0.05) is 32.4 Å². The van der Waals surface area contributed by atoms with Crippen molar-refractivity contribution in [2.24, 2.45) is 0 Å². The molecule has 8 heteroatoms. The van der Waals surface area contributed by atoms with E-state index >= 15 is 0 Å². The lowest BCUT2D eigenvalue weighted by Gasteiger charge is -2.39. The maximum absolute atomic E-state index is 14.3. The maximum atomic E-state index is 14.3. The van der Waals surface area contributed by atoms with E-state index in [-0.39, 0.29) is 11.9 Å². The van der Waals surface area contributed by atoms with Crippen LogP contribution in [0.4, 0.5) is 10.1 Å². The number of hydrogen-bond donors (Lipinski definition) is 0. The van der Waals surface area contributed by atoms with Gasteiger partial charge in [-0.15, -0.1) is 5.10 Å². The van der Waals surface area contributed by atoms with Gasteiger partial charge in [-0.2, -0.15) is 0 Å². The molecule has 162 valence electrons. The van der Waals surface area contributed by atoms with Crippen LogP contribution in [0.2, 0.25) is 0 Å². The average Bonchev–Trinajstić information content (AvgIpc) is 3.31. The molecule has 0 bridgehead atoms. The molecule has 1 saturated carbocycles. The lowest BCUT2D eigenvalue weighted by Crippen LogP contribution is -2.49. The summed E-state index contributed by atoms with van der Waals surface area (Å²) in [6.45, 7) is 3.06. The van der Waals surface area contributed by atoms with E-state index in [2.05, 4.69) is 30.3 Å². The molecule has 1 atom stereocenters. The summed E-state index contributed by atoms with van der Waals surface area (Å²) < 4.78 is 16.3. The Kier molecular flexibility index (Phi) is 5.88. The van der Waals surface area contributed by atoms with E-state index in [1.54, 1.807) is 6.07 Å². The Morgan fingerprint density at radius 1 is 0.903 bits per heavy atom. The predicted molar refractivity (Wildman–Crippen MR) is 116 cm³/mol. The zero-order valence-electron chi connectivity index (χ0n) is 17.6. The summed E-state index contributed by atoms with van der Waals surface area (Å²) >= 11 is 0. The number of hydrogen-bond acceptors (Lipinski definition) is 6. The lowest BCUT2D eigenvalue weighted by molar-refractivity contribution is 0.190. The van der Waals surface area contributed by atoms with E-state index in [0.29, 0.717) is 11.7 Å². The second-order valence-electron chi connectivity index (χ2n) is 8.41. The van der Waals surface area contributed by atoms with Gasteiger partial charge in [0.25, 0.3) is 0 Å². The molecule has 7 nitrogen and oxygen atoms in total. The Labute approximate surface area is 181 Å². The molecular weight excluding hydrogens is 393 g/mol. The van der Waals surface area contributed by atoms with Crippen molar-refractivity contribution in [1.82, 2.24) is 30.1 Å². The minimum absolute atomic E-state index is 0.110. The number of benzene rings is 1. The first-order valence-electron chi connectivity index (χ1n) is 11.2. The summed E-state index contributed by atoms with van der Waals surface area (Å²) in [6.07, 6.45) is 7.80. The van der Waals surface area contributed by atoms with Gasteiger partial charge in [-0.3, -0.25) is 9.88 Å². The second-order valence-corrected chi connectivity index (χ2v) is 8.41. The monoisotopic (exact) mass is 421 g/mol. The molecule has 5 rings (SSSR count). The largest absolute Gasteiger partial charge is 0.367 e. The van der Waals surface area contributed by atoms with Crippen molar-refractivity contribution in [3.05, 3.63) is 66.0 Å². The van der Waals surface area contributed by atoms with Crippen LogP contribution in [-0.2, 0) is 0 Å².